The highest BCUT2D eigenvalue weighted by Crippen LogP contribution is 2.07. The SMILES string of the molecule is C=[O+]C(=O)CCC(C)C(=O)N(C)C. The maximum absolute atomic E-state index is 11.3. The molecule has 0 radical (unpaired) electrons. The zero-order valence-corrected chi connectivity index (χ0v) is 8.37. The molecular formula is C9H16NO3+. The Hall–Kier alpha value is -1.19. The van der Waals surface area contributed by atoms with Gasteiger partial charge in [-0.05, 0) is 6.42 Å². The van der Waals surface area contributed by atoms with Gasteiger partial charge in [0.15, 0.2) is 6.79 Å². The molecule has 0 aliphatic rings. The summed E-state index contributed by atoms with van der Waals surface area (Å²) in [6, 6.07) is 0. The second-order valence-corrected chi connectivity index (χ2v) is 3.19. The van der Waals surface area contributed by atoms with E-state index in [2.05, 4.69) is 11.2 Å². The molecule has 74 valence electrons. The first-order valence-electron chi connectivity index (χ1n) is 4.15. The molecule has 0 aliphatic carbocycles. The normalized spacial score (nSPS) is 11.9. The third-order valence-electron chi connectivity index (χ3n) is 1.80. The summed E-state index contributed by atoms with van der Waals surface area (Å²) < 4.78 is 4.23. The van der Waals surface area contributed by atoms with Crippen molar-refractivity contribution in [2.75, 3.05) is 14.1 Å². The zero-order chi connectivity index (χ0) is 10.4. The summed E-state index contributed by atoms with van der Waals surface area (Å²) in [7, 11) is 3.39. The Kier molecular flexibility index (Phi) is 4.96. The molecule has 1 atom stereocenters. The van der Waals surface area contributed by atoms with Gasteiger partial charge >= 0.3 is 5.97 Å². The lowest BCUT2D eigenvalue weighted by Crippen LogP contribution is -2.28. The van der Waals surface area contributed by atoms with Crippen LogP contribution >= 0.6 is 0 Å². The molecule has 0 aliphatic heterocycles. The Balaban J connectivity index is 3.87. The minimum atomic E-state index is -0.376. The average Bonchev–Trinajstić information content (AvgIpc) is 2.11. The summed E-state index contributed by atoms with van der Waals surface area (Å²) in [5.41, 5.74) is 0. The monoisotopic (exact) mass is 186 g/mol. The fourth-order valence-electron chi connectivity index (χ4n) is 0.971. The first-order valence-corrected chi connectivity index (χ1v) is 4.15. The van der Waals surface area contributed by atoms with Crippen LogP contribution in [0, 0.1) is 5.92 Å². The topological polar surface area (TPSA) is 48.7 Å². The fraction of sp³-hybridized carbons (Fsp3) is 0.667. The van der Waals surface area contributed by atoms with Gasteiger partial charge in [-0.25, -0.2) is 0 Å². The van der Waals surface area contributed by atoms with Gasteiger partial charge in [0.25, 0.3) is 0 Å². The van der Waals surface area contributed by atoms with Crippen LogP contribution in [0.15, 0.2) is 0 Å². The predicted molar refractivity (Wildman–Crippen MR) is 49.2 cm³/mol. The van der Waals surface area contributed by atoms with Gasteiger partial charge < -0.3 is 4.90 Å². The highest BCUT2D eigenvalue weighted by Gasteiger charge is 2.19. The van der Waals surface area contributed by atoms with Crippen molar-refractivity contribution in [1.82, 2.24) is 4.90 Å². The number of hydrogen-bond acceptors (Lipinski definition) is 2. The van der Waals surface area contributed by atoms with Gasteiger partial charge in [-0.2, -0.15) is 0 Å². The van der Waals surface area contributed by atoms with Gasteiger partial charge in [-0.3, -0.25) is 9.22 Å². The van der Waals surface area contributed by atoms with Crippen molar-refractivity contribution in [2.45, 2.75) is 19.8 Å². The van der Waals surface area contributed by atoms with E-state index >= 15 is 0 Å². The molecule has 1 amide bonds. The van der Waals surface area contributed by atoms with E-state index < -0.39 is 0 Å². The Morgan fingerprint density at radius 1 is 1.46 bits per heavy atom. The predicted octanol–water partition coefficient (Wildman–Crippen LogP) is 0.382. The van der Waals surface area contributed by atoms with Gasteiger partial charge in [-0.1, -0.05) is 6.92 Å². The van der Waals surface area contributed by atoms with E-state index in [-0.39, 0.29) is 24.2 Å². The second kappa shape index (κ2) is 5.45. The molecular weight excluding hydrogens is 170 g/mol. The molecule has 4 nitrogen and oxygen atoms in total. The third kappa shape index (κ3) is 4.40. The summed E-state index contributed by atoms with van der Waals surface area (Å²) in [5, 5.41) is 0. The van der Waals surface area contributed by atoms with Gasteiger partial charge in [-0.15, -0.1) is 0 Å². The Morgan fingerprint density at radius 2 is 2.00 bits per heavy atom. The van der Waals surface area contributed by atoms with Crippen LogP contribution < -0.4 is 0 Å². The smallest absolute Gasteiger partial charge is 0.349 e. The summed E-state index contributed by atoms with van der Waals surface area (Å²) in [5.74, 6) is -0.496. The van der Waals surface area contributed by atoms with Gasteiger partial charge in [0.2, 0.25) is 5.91 Å². The van der Waals surface area contributed by atoms with Crippen molar-refractivity contribution >= 4 is 18.7 Å². The first-order chi connectivity index (χ1) is 5.99. The molecule has 0 aromatic heterocycles. The maximum atomic E-state index is 11.3. The molecule has 0 aromatic rings. The summed E-state index contributed by atoms with van der Waals surface area (Å²) >= 11 is 0. The lowest BCUT2D eigenvalue weighted by molar-refractivity contribution is -0.369. The van der Waals surface area contributed by atoms with E-state index in [0.717, 1.165) is 0 Å². The highest BCUT2D eigenvalue weighted by molar-refractivity contribution is 5.78. The molecule has 0 fully saturated rings. The van der Waals surface area contributed by atoms with Crippen molar-refractivity contribution in [3.8, 4) is 0 Å². The zero-order valence-electron chi connectivity index (χ0n) is 8.37. The van der Waals surface area contributed by atoms with Crippen LogP contribution in [0.2, 0.25) is 0 Å². The van der Waals surface area contributed by atoms with Crippen LogP contribution in [-0.2, 0) is 14.0 Å². The van der Waals surface area contributed by atoms with Crippen molar-refractivity contribution in [3.63, 3.8) is 0 Å². The first kappa shape index (κ1) is 11.8. The quantitative estimate of drug-likeness (QED) is 0.596. The standard InChI is InChI=1S/C9H16NO3/c1-7(9(12)10(2)3)5-6-8(11)13-4/h7H,4-6H2,1-3H3/q+1. The highest BCUT2D eigenvalue weighted by atomic mass is 16.4. The lowest BCUT2D eigenvalue weighted by Gasteiger charge is -2.14. The van der Waals surface area contributed by atoms with E-state index in [1.54, 1.807) is 21.0 Å². The molecule has 0 saturated carbocycles. The summed E-state index contributed by atoms with van der Waals surface area (Å²) in [4.78, 5) is 23.5. The molecule has 0 aromatic carbocycles. The van der Waals surface area contributed by atoms with Crippen LogP contribution in [0.4, 0.5) is 0 Å². The van der Waals surface area contributed by atoms with Crippen LogP contribution in [0.3, 0.4) is 0 Å². The molecule has 0 N–H and O–H groups in total. The molecule has 0 heterocycles. The van der Waals surface area contributed by atoms with Crippen LogP contribution in [0.25, 0.3) is 0 Å². The minimum absolute atomic E-state index is 0.0249. The number of carbonyl (C=O) groups is 2. The van der Waals surface area contributed by atoms with Crippen molar-refractivity contribution < 1.29 is 14.0 Å². The van der Waals surface area contributed by atoms with Crippen molar-refractivity contribution in [3.05, 3.63) is 0 Å². The number of amides is 1. The Labute approximate surface area is 78.2 Å². The van der Waals surface area contributed by atoms with E-state index in [1.165, 1.54) is 4.90 Å². The molecule has 13 heavy (non-hydrogen) atoms. The number of nitrogens with zero attached hydrogens (tertiary/aromatic N) is 1. The fourth-order valence-corrected chi connectivity index (χ4v) is 0.971. The van der Waals surface area contributed by atoms with Gasteiger partial charge in [0, 0.05) is 24.8 Å². The van der Waals surface area contributed by atoms with E-state index in [4.69, 9.17) is 0 Å². The molecule has 0 rings (SSSR count). The number of rotatable bonds is 4. The Morgan fingerprint density at radius 3 is 2.38 bits per heavy atom. The van der Waals surface area contributed by atoms with E-state index in [1.807, 2.05) is 0 Å². The lowest BCUT2D eigenvalue weighted by atomic mass is 10.0. The minimum Gasteiger partial charge on any atom is -0.349 e. The maximum Gasteiger partial charge on any atom is 0.579 e. The average molecular weight is 186 g/mol. The van der Waals surface area contributed by atoms with Crippen molar-refractivity contribution in [2.24, 2.45) is 5.92 Å². The summed E-state index contributed by atoms with van der Waals surface area (Å²) in [6.45, 7) is 4.79. The molecule has 1 unspecified atom stereocenters. The van der Waals surface area contributed by atoms with Crippen LogP contribution in [-0.4, -0.2) is 37.7 Å². The molecule has 0 bridgehead atoms. The van der Waals surface area contributed by atoms with E-state index in [0.29, 0.717) is 6.42 Å². The molecule has 0 saturated heterocycles. The number of hydrogen-bond donors (Lipinski definition) is 0. The summed E-state index contributed by atoms with van der Waals surface area (Å²) in [6.07, 6.45) is 0.746. The molecule has 0 spiro atoms. The largest absolute Gasteiger partial charge is 0.579 e. The third-order valence-corrected chi connectivity index (χ3v) is 1.80. The van der Waals surface area contributed by atoms with Crippen LogP contribution in [0.5, 0.6) is 0 Å². The van der Waals surface area contributed by atoms with Crippen LogP contribution in [0.1, 0.15) is 19.8 Å². The Bertz CT molecular complexity index is 211. The second-order valence-electron chi connectivity index (χ2n) is 3.19. The van der Waals surface area contributed by atoms with Crippen molar-refractivity contribution in [1.29, 1.82) is 0 Å². The molecule has 4 heteroatoms. The van der Waals surface area contributed by atoms with Gasteiger partial charge in [0.05, 0.1) is 0 Å². The van der Waals surface area contributed by atoms with E-state index in [9.17, 15) is 9.59 Å². The number of carbonyl (C=O) groups excluding carboxylic acids is 3. The van der Waals surface area contributed by atoms with Gasteiger partial charge in [0.1, 0.15) is 6.42 Å².